The molecule has 0 spiro atoms. The van der Waals surface area contributed by atoms with E-state index in [1.807, 2.05) is 30.5 Å². The second-order valence-electron chi connectivity index (χ2n) is 6.79. The SMILES string of the molecule is CCn1c(CC2CCC=CN=C2c2cccc(F)c2)nc2ccc(Cl)cc21. The number of aryl methyl sites for hydroxylation is 1. The summed E-state index contributed by atoms with van der Waals surface area (Å²) in [5.74, 6) is 0.961. The number of nitrogens with zero attached hydrogens (tertiary/aromatic N) is 3. The number of allylic oxidation sites excluding steroid dienone is 1. The van der Waals surface area contributed by atoms with Crippen molar-refractivity contribution in [1.82, 2.24) is 9.55 Å². The molecule has 0 amide bonds. The van der Waals surface area contributed by atoms with Gasteiger partial charge in [0.15, 0.2) is 0 Å². The van der Waals surface area contributed by atoms with Crippen LogP contribution in [0, 0.1) is 11.7 Å². The first-order valence-corrected chi connectivity index (χ1v) is 9.67. The van der Waals surface area contributed by atoms with E-state index in [4.69, 9.17) is 16.6 Å². The number of hydrogen-bond acceptors (Lipinski definition) is 2. The van der Waals surface area contributed by atoms with Crippen LogP contribution >= 0.6 is 11.6 Å². The lowest BCUT2D eigenvalue weighted by Crippen LogP contribution is -2.20. The van der Waals surface area contributed by atoms with Gasteiger partial charge < -0.3 is 4.57 Å². The fraction of sp³-hybridized carbons (Fsp3) is 0.273. The Morgan fingerprint density at radius 1 is 1.22 bits per heavy atom. The summed E-state index contributed by atoms with van der Waals surface area (Å²) in [6.07, 6.45) is 6.58. The van der Waals surface area contributed by atoms with Crippen molar-refractivity contribution in [3.63, 3.8) is 0 Å². The van der Waals surface area contributed by atoms with Crippen LogP contribution in [0.1, 0.15) is 31.2 Å². The lowest BCUT2D eigenvalue weighted by atomic mass is 9.89. The van der Waals surface area contributed by atoms with Crippen LogP contribution in [0.3, 0.4) is 0 Å². The van der Waals surface area contributed by atoms with Crippen LogP contribution in [-0.4, -0.2) is 15.3 Å². The molecule has 4 rings (SSSR count). The summed E-state index contributed by atoms with van der Waals surface area (Å²) in [5.41, 5.74) is 3.77. The molecule has 0 saturated carbocycles. The fourth-order valence-electron chi connectivity index (χ4n) is 3.78. The number of halogens is 2. The number of hydrogen-bond donors (Lipinski definition) is 0. The average molecular weight is 382 g/mol. The Morgan fingerprint density at radius 2 is 2.11 bits per heavy atom. The van der Waals surface area contributed by atoms with Gasteiger partial charge in [-0.25, -0.2) is 9.37 Å². The van der Waals surface area contributed by atoms with Crippen molar-refractivity contribution in [3.05, 3.63) is 77.0 Å². The molecule has 5 heteroatoms. The first-order chi connectivity index (χ1) is 13.2. The van der Waals surface area contributed by atoms with Crippen molar-refractivity contribution in [2.75, 3.05) is 0 Å². The molecule has 0 bridgehead atoms. The summed E-state index contributed by atoms with van der Waals surface area (Å²) in [5, 5.41) is 0.712. The zero-order chi connectivity index (χ0) is 18.8. The van der Waals surface area contributed by atoms with E-state index in [2.05, 4.69) is 22.6 Å². The van der Waals surface area contributed by atoms with Crippen LogP contribution in [0.15, 0.2) is 59.7 Å². The molecule has 138 valence electrons. The maximum atomic E-state index is 13.8. The van der Waals surface area contributed by atoms with E-state index in [0.717, 1.165) is 53.9 Å². The molecule has 0 N–H and O–H groups in total. The van der Waals surface area contributed by atoms with Gasteiger partial charge in [0.1, 0.15) is 11.6 Å². The Bertz CT molecular complexity index is 1040. The van der Waals surface area contributed by atoms with Gasteiger partial charge in [0.2, 0.25) is 0 Å². The molecule has 0 fully saturated rings. The maximum Gasteiger partial charge on any atom is 0.123 e. The number of imidazole rings is 1. The Balaban J connectivity index is 1.73. The third-order valence-electron chi connectivity index (χ3n) is 5.04. The highest BCUT2D eigenvalue weighted by Crippen LogP contribution is 2.26. The summed E-state index contributed by atoms with van der Waals surface area (Å²) in [7, 11) is 0. The number of aliphatic imine (C=N–C) groups is 1. The summed E-state index contributed by atoms with van der Waals surface area (Å²) in [6, 6.07) is 12.5. The van der Waals surface area contributed by atoms with E-state index >= 15 is 0 Å². The topological polar surface area (TPSA) is 30.2 Å². The molecule has 1 aliphatic rings. The largest absolute Gasteiger partial charge is 0.328 e. The Kier molecular flexibility index (Phi) is 5.08. The van der Waals surface area contributed by atoms with E-state index in [1.165, 1.54) is 6.07 Å². The van der Waals surface area contributed by atoms with Gasteiger partial charge in [-0.05, 0) is 55.7 Å². The van der Waals surface area contributed by atoms with Gasteiger partial charge in [-0.3, -0.25) is 4.99 Å². The van der Waals surface area contributed by atoms with Gasteiger partial charge >= 0.3 is 0 Å². The Morgan fingerprint density at radius 3 is 2.93 bits per heavy atom. The normalized spacial score (nSPS) is 17.1. The summed E-state index contributed by atoms with van der Waals surface area (Å²) in [6.45, 7) is 2.94. The zero-order valence-corrected chi connectivity index (χ0v) is 16.0. The third kappa shape index (κ3) is 3.67. The molecule has 3 nitrogen and oxygen atoms in total. The van der Waals surface area contributed by atoms with Gasteiger partial charge in [0.05, 0.1) is 16.7 Å². The van der Waals surface area contributed by atoms with E-state index in [0.29, 0.717) is 5.02 Å². The van der Waals surface area contributed by atoms with Crippen molar-refractivity contribution in [1.29, 1.82) is 0 Å². The molecule has 1 unspecified atom stereocenters. The molecule has 0 radical (unpaired) electrons. The van der Waals surface area contributed by atoms with Crippen molar-refractivity contribution >= 4 is 28.3 Å². The van der Waals surface area contributed by atoms with Gasteiger partial charge in [-0.1, -0.05) is 29.8 Å². The van der Waals surface area contributed by atoms with E-state index in [9.17, 15) is 4.39 Å². The van der Waals surface area contributed by atoms with Crippen molar-refractivity contribution in [2.24, 2.45) is 10.9 Å². The van der Waals surface area contributed by atoms with E-state index in [-0.39, 0.29) is 11.7 Å². The molecule has 2 heterocycles. The number of rotatable bonds is 4. The molecule has 1 atom stereocenters. The zero-order valence-electron chi connectivity index (χ0n) is 15.2. The molecule has 2 aromatic carbocycles. The minimum absolute atomic E-state index is 0.180. The second-order valence-corrected chi connectivity index (χ2v) is 7.23. The van der Waals surface area contributed by atoms with Crippen LogP contribution in [0.2, 0.25) is 5.02 Å². The number of benzene rings is 2. The van der Waals surface area contributed by atoms with Crippen LogP contribution < -0.4 is 0 Å². The first kappa shape index (κ1) is 17.9. The summed E-state index contributed by atoms with van der Waals surface area (Å²) >= 11 is 6.18. The molecule has 27 heavy (non-hydrogen) atoms. The van der Waals surface area contributed by atoms with Crippen molar-refractivity contribution < 1.29 is 4.39 Å². The van der Waals surface area contributed by atoms with Crippen LogP contribution in [-0.2, 0) is 13.0 Å². The van der Waals surface area contributed by atoms with Gasteiger partial charge in [-0.15, -0.1) is 0 Å². The average Bonchev–Trinajstić information content (AvgIpc) is 2.83. The lowest BCUT2D eigenvalue weighted by Gasteiger charge is -2.18. The van der Waals surface area contributed by atoms with Crippen LogP contribution in [0.25, 0.3) is 11.0 Å². The molecular weight excluding hydrogens is 361 g/mol. The molecule has 1 aromatic heterocycles. The molecule has 0 aliphatic carbocycles. The second kappa shape index (κ2) is 7.65. The fourth-order valence-corrected chi connectivity index (χ4v) is 3.95. The summed E-state index contributed by atoms with van der Waals surface area (Å²) in [4.78, 5) is 9.50. The third-order valence-corrected chi connectivity index (χ3v) is 5.28. The molecule has 3 aromatic rings. The van der Waals surface area contributed by atoms with E-state index < -0.39 is 0 Å². The first-order valence-electron chi connectivity index (χ1n) is 9.29. The standard InChI is InChI=1S/C22H21ClFN3/c1-2-27-20-14-17(23)9-10-19(20)26-21(27)13-16-6-3-4-11-25-22(16)15-7-5-8-18(24)12-15/h4-5,7-12,14,16H,2-3,6,13H2,1H3. The van der Waals surface area contributed by atoms with Gasteiger partial charge in [0, 0.05) is 30.1 Å². The predicted molar refractivity (Wildman–Crippen MR) is 109 cm³/mol. The number of aromatic nitrogens is 2. The highest BCUT2D eigenvalue weighted by molar-refractivity contribution is 6.31. The van der Waals surface area contributed by atoms with Crippen LogP contribution in [0.4, 0.5) is 4.39 Å². The summed E-state index contributed by atoms with van der Waals surface area (Å²) < 4.78 is 16.0. The lowest BCUT2D eigenvalue weighted by molar-refractivity contribution is 0.587. The minimum atomic E-state index is -0.238. The smallest absolute Gasteiger partial charge is 0.123 e. The molecule has 0 saturated heterocycles. The minimum Gasteiger partial charge on any atom is -0.328 e. The Hall–Kier alpha value is -2.46. The Labute approximate surface area is 163 Å². The molecule has 1 aliphatic heterocycles. The predicted octanol–water partition coefficient (Wildman–Crippen LogP) is 5.80. The van der Waals surface area contributed by atoms with E-state index in [1.54, 1.807) is 12.1 Å². The maximum absolute atomic E-state index is 13.8. The van der Waals surface area contributed by atoms with Crippen LogP contribution in [0.5, 0.6) is 0 Å². The molecular formula is C22H21ClFN3. The quantitative estimate of drug-likeness (QED) is 0.561. The highest BCUT2D eigenvalue weighted by Gasteiger charge is 2.22. The van der Waals surface area contributed by atoms with Gasteiger partial charge in [0.25, 0.3) is 0 Å². The number of fused-ring (bicyclic) bond motifs is 1. The highest BCUT2D eigenvalue weighted by atomic mass is 35.5. The monoisotopic (exact) mass is 381 g/mol. The van der Waals surface area contributed by atoms with Crippen molar-refractivity contribution in [2.45, 2.75) is 32.7 Å². The van der Waals surface area contributed by atoms with Crippen molar-refractivity contribution in [3.8, 4) is 0 Å². The van der Waals surface area contributed by atoms with Gasteiger partial charge in [-0.2, -0.15) is 0 Å².